The number of benzene rings is 3. The third kappa shape index (κ3) is 6.28. The van der Waals surface area contributed by atoms with Crippen molar-refractivity contribution in [3.63, 3.8) is 0 Å². The van der Waals surface area contributed by atoms with E-state index in [0.29, 0.717) is 5.56 Å². The van der Waals surface area contributed by atoms with Crippen LogP contribution in [0.5, 0.6) is 5.75 Å². The first kappa shape index (κ1) is 25.5. The minimum atomic E-state index is -4.71. The van der Waals surface area contributed by atoms with Crippen LogP contribution in [0.1, 0.15) is 11.1 Å². The lowest BCUT2D eigenvalue weighted by Gasteiger charge is -2.20. The molecular weight excluding hydrogens is 493 g/mol. The number of methoxy groups -OCH3 is 1. The summed E-state index contributed by atoms with van der Waals surface area (Å²) in [6.45, 7) is 0. The minimum absolute atomic E-state index is 0.0357. The molecule has 0 spiro atoms. The van der Waals surface area contributed by atoms with E-state index < -0.39 is 39.4 Å². The van der Waals surface area contributed by atoms with E-state index in [-0.39, 0.29) is 22.1 Å². The summed E-state index contributed by atoms with van der Waals surface area (Å²) in [5.74, 6) is -0.702. The van der Waals surface area contributed by atoms with Gasteiger partial charge in [-0.05, 0) is 42.3 Å². The van der Waals surface area contributed by atoms with Crippen molar-refractivity contribution < 1.29 is 31.1 Å². The van der Waals surface area contributed by atoms with Gasteiger partial charge < -0.3 is 10.1 Å². The predicted molar refractivity (Wildman–Crippen MR) is 122 cm³/mol. The molecule has 3 aromatic rings. The molecule has 34 heavy (non-hydrogen) atoms. The van der Waals surface area contributed by atoms with Crippen molar-refractivity contribution in [1.29, 1.82) is 0 Å². The van der Waals surface area contributed by atoms with E-state index in [4.69, 9.17) is 16.3 Å². The number of alkyl halides is 3. The molecule has 1 atom stereocenters. The van der Waals surface area contributed by atoms with Crippen LogP contribution in [0.3, 0.4) is 0 Å². The highest BCUT2D eigenvalue weighted by molar-refractivity contribution is 7.89. The van der Waals surface area contributed by atoms with Crippen LogP contribution in [-0.4, -0.2) is 27.5 Å². The van der Waals surface area contributed by atoms with Crippen LogP contribution >= 0.6 is 11.6 Å². The van der Waals surface area contributed by atoms with Crippen molar-refractivity contribution in [3.05, 3.63) is 88.9 Å². The molecule has 180 valence electrons. The van der Waals surface area contributed by atoms with Gasteiger partial charge in [-0.25, -0.2) is 8.42 Å². The third-order valence-electron chi connectivity index (χ3n) is 4.82. The Morgan fingerprint density at radius 3 is 2.29 bits per heavy atom. The molecule has 11 heteroatoms. The van der Waals surface area contributed by atoms with Crippen LogP contribution in [0.15, 0.2) is 77.7 Å². The van der Waals surface area contributed by atoms with E-state index >= 15 is 0 Å². The Labute approximate surface area is 199 Å². The fraction of sp³-hybridized carbons (Fsp3) is 0.174. The Balaban J connectivity index is 1.93. The third-order valence-corrected chi connectivity index (χ3v) is 6.59. The van der Waals surface area contributed by atoms with E-state index in [9.17, 15) is 26.4 Å². The number of hydrogen-bond acceptors (Lipinski definition) is 4. The number of halogens is 4. The Morgan fingerprint density at radius 1 is 1.03 bits per heavy atom. The van der Waals surface area contributed by atoms with E-state index in [0.717, 1.165) is 18.2 Å². The van der Waals surface area contributed by atoms with Gasteiger partial charge >= 0.3 is 6.18 Å². The van der Waals surface area contributed by atoms with Crippen LogP contribution in [0.25, 0.3) is 0 Å². The lowest BCUT2D eigenvalue weighted by atomic mass is 10.1. The molecule has 0 heterocycles. The summed E-state index contributed by atoms with van der Waals surface area (Å²) >= 11 is 6.03. The van der Waals surface area contributed by atoms with E-state index in [1.54, 1.807) is 30.3 Å². The minimum Gasteiger partial charge on any atom is -0.495 e. The summed E-state index contributed by atoms with van der Waals surface area (Å²) in [5.41, 5.74) is -0.932. The fourth-order valence-electron chi connectivity index (χ4n) is 3.17. The zero-order chi connectivity index (χ0) is 24.9. The van der Waals surface area contributed by atoms with Gasteiger partial charge in [0.05, 0.1) is 28.3 Å². The number of ether oxygens (including phenoxy) is 1. The van der Waals surface area contributed by atoms with Gasteiger partial charge in [-0.3, -0.25) is 4.79 Å². The molecule has 0 aliphatic heterocycles. The summed E-state index contributed by atoms with van der Waals surface area (Å²) in [7, 11) is -2.91. The fourth-order valence-corrected chi connectivity index (χ4v) is 4.71. The van der Waals surface area contributed by atoms with Crippen molar-refractivity contribution >= 4 is 33.2 Å². The Kier molecular flexibility index (Phi) is 7.86. The average molecular weight is 513 g/mol. The molecule has 0 aliphatic carbocycles. The lowest BCUT2D eigenvalue weighted by molar-refractivity contribution is -0.137. The summed E-state index contributed by atoms with van der Waals surface area (Å²) in [6.07, 6.45) is -4.82. The van der Waals surface area contributed by atoms with Gasteiger partial charge in [0, 0.05) is 0 Å². The van der Waals surface area contributed by atoms with Crippen LogP contribution in [-0.2, 0) is 27.4 Å². The molecule has 3 aromatic carbocycles. The number of rotatable bonds is 8. The van der Waals surface area contributed by atoms with Crippen molar-refractivity contribution in [2.45, 2.75) is 23.5 Å². The monoisotopic (exact) mass is 512 g/mol. The number of para-hydroxylation sites is 1. The molecule has 2 N–H and O–H groups in total. The van der Waals surface area contributed by atoms with E-state index in [1.807, 2.05) is 0 Å². The number of nitrogens with one attached hydrogen (secondary N) is 2. The van der Waals surface area contributed by atoms with Crippen LogP contribution in [0.2, 0.25) is 5.02 Å². The highest BCUT2D eigenvalue weighted by Gasteiger charge is 2.34. The van der Waals surface area contributed by atoms with Gasteiger partial charge in [-0.2, -0.15) is 17.9 Å². The molecule has 6 nitrogen and oxygen atoms in total. The zero-order valence-electron chi connectivity index (χ0n) is 17.8. The molecule has 0 fully saturated rings. The lowest BCUT2D eigenvalue weighted by Crippen LogP contribution is -2.45. The number of amides is 1. The maximum absolute atomic E-state index is 13.4. The smallest absolute Gasteiger partial charge is 0.418 e. The standard InChI is InChI=1S/C23H20ClF3N2O4S/c1-33-21-12-11-16(14-18(21)24)34(31,32)29-20(13-15-7-3-2-4-8-15)22(30)28-19-10-6-5-9-17(19)23(25,26)27/h2-12,14,20,29H,13H2,1H3,(H,28,30)/t20-/m0/s1. The molecule has 0 saturated heterocycles. The SMILES string of the molecule is COc1ccc(S(=O)(=O)N[C@@H](Cc2ccccc2)C(=O)Nc2ccccc2C(F)(F)F)cc1Cl. The van der Waals surface area contributed by atoms with Crippen LogP contribution in [0.4, 0.5) is 18.9 Å². The van der Waals surface area contributed by atoms with E-state index in [1.165, 1.54) is 31.4 Å². The van der Waals surface area contributed by atoms with Crippen LogP contribution < -0.4 is 14.8 Å². The first-order chi connectivity index (χ1) is 16.0. The Hall–Kier alpha value is -3.08. The van der Waals surface area contributed by atoms with Crippen molar-refractivity contribution in [2.75, 3.05) is 12.4 Å². The number of hydrogen-bond donors (Lipinski definition) is 2. The van der Waals surface area contributed by atoms with Gasteiger partial charge in [-0.15, -0.1) is 0 Å². The summed E-state index contributed by atoms with van der Waals surface area (Å²) < 4.78 is 73.3. The normalized spacial score (nSPS) is 12.7. The number of carbonyl (C=O) groups excluding carboxylic acids is 1. The second kappa shape index (κ2) is 10.5. The molecule has 3 rings (SSSR count). The average Bonchev–Trinajstić information content (AvgIpc) is 2.78. The Bertz CT molecular complexity index is 1270. The highest BCUT2D eigenvalue weighted by atomic mass is 35.5. The molecule has 0 unspecified atom stereocenters. The van der Waals surface area contributed by atoms with Crippen molar-refractivity contribution in [3.8, 4) is 5.75 Å². The highest BCUT2D eigenvalue weighted by Crippen LogP contribution is 2.34. The van der Waals surface area contributed by atoms with Gasteiger partial charge in [0.25, 0.3) is 0 Å². The molecule has 0 aliphatic rings. The van der Waals surface area contributed by atoms with Crippen molar-refractivity contribution in [2.24, 2.45) is 0 Å². The predicted octanol–water partition coefficient (Wildman–Crippen LogP) is 4.90. The zero-order valence-corrected chi connectivity index (χ0v) is 19.3. The molecule has 0 saturated carbocycles. The second-order valence-electron chi connectivity index (χ2n) is 7.19. The maximum Gasteiger partial charge on any atom is 0.418 e. The summed E-state index contributed by atoms with van der Waals surface area (Å²) in [5, 5.41) is 2.24. The first-order valence-corrected chi connectivity index (χ1v) is 11.7. The number of anilines is 1. The van der Waals surface area contributed by atoms with Gasteiger partial charge in [-0.1, -0.05) is 54.1 Å². The molecule has 1 amide bonds. The molecular formula is C23H20ClF3N2O4S. The first-order valence-electron chi connectivity index (χ1n) is 9.88. The second-order valence-corrected chi connectivity index (χ2v) is 9.31. The number of sulfonamides is 1. The molecule has 0 bridgehead atoms. The molecule has 0 radical (unpaired) electrons. The number of carbonyl (C=O) groups is 1. The van der Waals surface area contributed by atoms with Crippen LogP contribution in [0, 0.1) is 0 Å². The topological polar surface area (TPSA) is 84.5 Å². The maximum atomic E-state index is 13.4. The quantitative estimate of drug-likeness (QED) is 0.450. The van der Waals surface area contributed by atoms with Gasteiger partial charge in [0.2, 0.25) is 15.9 Å². The molecule has 0 aromatic heterocycles. The van der Waals surface area contributed by atoms with Crippen molar-refractivity contribution in [1.82, 2.24) is 4.72 Å². The largest absolute Gasteiger partial charge is 0.495 e. The summed E-state index contributed by atoms with van der Waals surface area (Å²) in [6, 6.07) is 15.2. The summed E-state index contributed by atoms with van der Waals surface area (Å²) in [4.78, 5) is 12.8. The van der Waals surface area contributed by atoms with Gasteiger partial charge in [0.1, 0.15) is 11.8 Å². The van der Waals surface area contributed by atoms with Gasteiger partial charge in [0.15, 0.2) is 0 Å². The van der Waals surface area contributed by atoms with E-state index in [2.05, 4.69) is 10.0 Å². The Morgan fingerprint density at radius 2 is 1.68 bits per heavy atom.